The number of rotatable bonds is 2. The zero-order valence-corrected chi connectivity index (χ0v) is 14.6. The number of fused-ring (bicyclic) bond motifs is 1. The van der Waals surface area contributed by atoms with Gasteiger partial charge in [0.1, 0.15) is 5.52 Å². The van der Waals surface area contributed by atoms with Gasteiger partial charge in [-0.3, -0.25) is 5.32 Å². The summed E-state index contributed by atoms with van der Waals surface area (Å²) in [6.07, 6.45) is 3.74. The molecule has 0 aliphatic carbocycles. The van der Waals surface area contributed by atoms with Crippen LogP contribution in [0.25, 0.3) is 22.6 Å². The number of halogens is 1. The highest BCUT2D eigenvalue weighted by molar-refractivity contribution is 8.13. The summed E-state index contributed by atoms with van der Waals surface area (Å²) >= 11 is 7.36. The van der Waals surface area contributed by atoms with Gasteiger partial charge >= 0.3 is 0 Å². The van der Waals surface area contributed by atoms with E-state index in [0.29, 0.717) is 27.2 Å². The molecule has 0 amide bonds. The van der Waals surface area contributed by atoms with Gasteiger partial charge in [0, 0.05) is 10.6 Å². The third-order valence-electron chi connectivity index (χ3n) is 3.38. The van der Waals surface area contributed by atoms with E-state index >= 15 is 0 Å². The largest absolute Gasteiger partial charge is 0.436 e. The molecule has 0 spiro atoms. The van der Waals surface area contributed by atoms with Crippen molar-refractivity contribution in [3.05, 3.63) is 47.0 Å². The lowest BCUT2D eigenvalue weighted by Gasteiger charge is -2.05. The molecule has 1 N–H and O–H groups in total. The summed E-state index contributed by atoms with van der Waals surface area (Å²) < 4.78 is 5.79. The fraction of sp³-hybridized carbons (Fsp3) is 0.118. The average molecular weight is 357 g/mol. The van der Waals surface area contributed by atoms with Crippen LogP contribution in [0.2, 0.25) is 5.02 Å². The maximum Gasteiger partial charge on any atom is 0.227 e. The Morgan fingerprint density at radius 1 is 1.33 bits per heavy atom. The highest BCUT2D eigenvalue weighted by Crippen LogP contribution is 2.30. The molecule has 0 bridgehead atoms. The molecule has 1 heterocycles. The first-order chi connectivity index (χ1) is 11.6. The monoisotopic (exact) mass is 356 g/mol. The predicted octanol–water partition coefficient (Wildman–Crippen LogP) is 4.88. The molecule has 0 aliphatic rings. The van der Waals surface area contributed by atoms with Crippen LogP contribution in [0, 0.1) is 18.4 Å². The van der Waals surface area contributed by atoms with Crippen molar-refractivity contribution in [1.29, 1.82) is 5.26 Å². The van der Waals surface area contributed by atoms with Crippen molar-refractivity contribution in [2.24, 2.45) is 4.99 Å². The fourth-order valence-corrected chi connectivity index (χ4v) is 2.67. The Hall–Kier alpha value is -2.49. The number of nitrogens with one attached hydrogen (secondary N) is 1. The Bertz CT molecular complexity index is 974. The molecule has 0 aliphatic heterocycles. The summed E-state index contributed by atoms with van der Waals surface area (Å²) in [4.78, 5) is 8.95. The fourth-order valence-electron chi connectivity index (χ4n) is 2.17. The molecule has 0 radical (unpaired) electrons. The van der Waals surface area contributed by atoms with Crippen molar-refractivity contribution >= 4 is 45.3 Å². The van der Waals surface area contributed by atoms with E-state index in [0.717, 1.165) is 16.8 Å². The Morgan fingerprint density at radius 2 is 2.17 bits per heavy atom. The minimum atomic E-state index is 0.502. The summed E-state index contributed by atoms with van der Waals surface area (Å²) in [6.45, 7) is 1.96. The summed E-state index contributed by atoms with van der Waals surface area (Å²) in [5, 5.41) is 12.5. The lowest BCUT2D eigenvalue weighted by atomic mass is 10.1. The lowest BCUT2D eigenvalue weighted by molar-refractivity contribution is 0.620. The summed E-state index contributed by atoms with van der Waals surface area (Å²) in [5.41, 5.74) is 3.93. The van der Waals surface area contributed by atoms with Crippen LogP contribution < -0.4 is 5.32 Å². The Balaban J connectivity index is 2.05. The van der Waals surface area contributed by atoms with Gasteiger partial charge < -0.3 is 4.42 Å². The molecular formula is C17H13ClN4OS. The normalized spacial score (nSPS) is 11.5. The van der Waals surface area contributed by atoms with Crippen molar-refractivity contribution < 1.29 is 4.42 Å². The Morgan fingerprint density at radius 3 is 2.92 bits per heavy atom. The van der Waals surface area contributed by atoms with E-state index in [9.17, 15) is 0 Å². The summed E-state index contributed by atoms with van der Waals surface area (Å²) in [7, 11) is 0. The molecule has 3 rings (SSSR count). The van der Waals surface area contributed by atoms with Crippen molar-refractivity contribution in [2.45, 2.75) is 6.92 Å². The molecule has 0 saturated heterocycles. The molecule has 0 saturated carbocycles. The van der Waals surface area contributed by atoms with E-state index in [1.165, 1.54) is 11.8 Å². The van der Waals surface area contributed by atoms with Gasteiger partial charge in [-0.05, 0) is 49.1 Å². The van der Waals surface area contributed by atoms with Crippen molar-refractivity contribution in [2.75, 3.05) is 6.26 Å². The van der Waals surface area contributed by atoms with Crippen LogP contribution in [-0.4, -0.2) is 16.4 Å². The van der Waals surface area contributed by atoms with Crippen molar-refractivity contribution in [3.63, 3.8) is 0 Å². The minimum Gasteiger partial charge on any atom is -0.436 e. The van der Waals surface area contributed by atoms with Gasteiger partial charge in [-0.2, -0.15) is 5.26 Å². The number of aromatic nitrogens is 1. The molecule has 0 atom stereocenters. The van der Waals surface area contributed by atoms with Crippen molar-refractivity contribution in [1.82, 2.24) is 10.3 Å². The third-order valence-corrected chi connectivity index (χ3v) is 4.20. The van der Waals surface area contributed by atoms with E-state index in [1.54, 1.807) is 18.2 Å². The molecular weight excluding hydrogens is 344 g/mol. The van der Waals surface area contributed by atoms with Gasteiger partial charge in [-0.15, -0.1) is 0 Å². The second-order valence-corrected chi connectivity index (χ2v) is 6.22. The van der Waals surface area contributed by atoms with Gasteiger partial charge in [0.25, 0.3) is 0 Å². The van der Waals surface area contributed by atoms with E-state index in [2.05, 4.69) is 15.3 Å². The number of benzene rings is 2. The third kappa shape index (κ3) is 3.37. The number of amidine groups is 1. The maximum absolute atomic E-state index is 8.76. The number of oxazole rings is 1. The minimum absolute atomic E-state index is 0.502. The van der Waals surface area contributed by atoms with E-state index < -0.39 is 0 Å². The van der Waals surface area contributed by atoms with Gasteiger partial charge in [-0.1, -0.05) is 29.4 Å². The number of hydrogen-bond donors (Lipinski definition) is 1. The molecule has 24 heavy (non-hydrogen) atoms. The highest BCUT2D eigenvalue weighted by atomic mass is 35.5. The zero-order chi connectivity index (χ0) is 17.1. The smallest absolute Gasteiger partial charge is 0.227 e. The maximum atomic E-state index is 8.76. The Labute approximate surface area is 148 Å². The summed E-state index contributed by atoms with van der Waals surface area (Å²) in [5.74, 6) is 0.502. The summed E-state index contributed by atoms with van der Waals surface area (Å²) in [6, 6.07) is 11.1. The average Bonchev–Trinajstić information content (AvgIpc) is 2.99. The molecule has 1 aromatic heterocycles. The van der Waals surface area contributed by atoms with Crippen molar-refractivity contribution in [3.8, 4) is 17.6 Å². The molecule has 7 heteroatoms. The second kappa shape index (κ2) is 6.95. The van der Waals surface area contributed by atoms with Gasteiger partial charge in [-0.25, -0.2) is 9.98 Å². The van der Waals surface area contributed by atoms with Crippen LogP contribution >= 0.6 is 23.4 Å². The molecule has 5 nitrogen and oxygen atoms in total. The lowest BCUT2D eigenvalue weighted by Crippen LogP contribution is -2.12. The Kier molecular flexibility index (Phi) is 4.74. The number of nitriles is 1. The molecule has 0 fully saturated rings. The van der Waals surface area contributed by atoms with E-state index in [4.69, 9.17) is 21.3 Å². The number of aliphatic imine (C=N–C) groups is 1. The standard InChI is InChI=1S/C17H13ClN4OS/c1-10-3-4-11(7-13(10)22-17(24-2)20-9-19)16-21-14-8-12(18)5-6-15(14)23-16/h3-8H,1-2H3,(H,20,22). The second-order valence-electron chi connectivity index (χ2n) is 4.99. The molecule has 120 valence electrons. The molecule has 2 aromatic carbocycles. The number of thioether (sulfide) groups is 1. The number of nitrogens with zero attached hydrogens (tertiary/aromatic N) is 3. The van der Waals surface area contributed by atoms with Crippen LogP contribution in [0.4, 0.5) is 5.69 Å². The first kappa shape index (κ1) is 16.4. The molecule has 0 unspecified atom stereocenters. The SMILES string of the molecule is CSC(=Nc1cc(-c2nc3cc(Cl)ccc3o2)ccc1C)NC#N. The van der Waals surface area contributed by atoms with Gasteiger partial charge in [0.2, 0.25) is 5.89 Å². The van der Waals surface area contributed by atoms with Crippen LogP contribution in [0.15, 0.2) is 45.8 Å². The first-order valence-electron chi connectivity index (χ1n) is 7.05. The first-order valence-corrected chi connectivity index (χ1v) is 8.66. The topological polar surface area (TPSA) is 74.2 Å². The molecule has 3 aromatic rings. The number of hydrogen-bond acceptors (Lipinski definition) is 5. The van der Waals surface area contributed by atoms with Crippen LogP contribution in [-0.2, 0) is 0 Å². The highest BCUT2D eigenvalue weighted by Gasteiger charge is 2.11. The van der Waals surface area contributed by atoms with Gasteiger partial charge in [0.15, 0.2) is 16.9 Å². The quantitative estimate of drug-likeness (QED) is 0.306. The number of aryl methyl sites for hydroxylation is 1. The predicted molar refractivity (Wildman–Crippen MR) is 98.6 cm³/mol. The van der Waals surface area contributed by atoms with E-state index in [1.807, 2.05) is 37.6 Å². The zero-order valence-electron chi connectivity index (χ0n) is 13.0. The van der Waals surface area contributed by atoms with Crippen LogP contribution in [0.3, 0.4) is 0 Å². The van der Waals surface area contributed by atoms with Crippen LogP contribution in [0.1, 0.15) is 5.56 Å². The van der Waals surface area contributed by atoms with Crippen LogP contribution in [0.5, 0.6) is 0 Å². The van der Waals surface area contributed by atoms with E-state index in [-0.39, 0.29) is 0 Å². The van der Waals surface area contributed by atoms with Gasteiger partial charge in [0.05, 0.1) is 5.69 Å².